The second-order valence-corrected chi connectivity index (χ2v) is 10.6. The number of carbonyl (C=O) groups excluding carboxylic acids is 1. The highest BCUT2D eigenvalue weighted by Crippen LogP contribution is 2.32. The van der Waals surface area contributed by atoms with E-state index in [-0.39, 0.29) is 29.0 Å². The van der Waals surface area contributed by atoms with Gasteiger partial charge in [0.1, 0.15) is 17.7 Å². The Kier molecular flexibility index (Phi) is 10.2. The fraction of sp³-hybridized carbons (Fsp3) is 0.379. The number of hydrogen-bond donors (Lipinski definition) is 1. The first-order valence-electron chi connectivity index (χ1n) is 12.7. The van der Waals surface area contributed by atoms with Crippen LogP contribution in [0.1, 0.15) is 34.6 Å². The van der Waals surface area contributed by atoms with Crippen LogP contribution in [-0.4, -0.2) is 72.8 Å². The van der Waals surface area contributed by atoms with E-state index in [2.05, 4.69) is 15.2 Å². The van der Waals surface area contributed by atoms with Crippen LogP contribution < -0.4 is 5.32 Å². The number of nitrogens with one attached hydrogen (secondary N) is 1. The summed E-state index contributed by atoms with van der Waals surface area (Å²) in [6, 6.07) is 16.1. The van der Waals surface area contributed by atoms with Gasteiger partial charge in [-0.2, -0.15) is 0 Å². The molecular formula is C29H34F2N4O2S. The van der Waals surface area contributed by atoms with Crippen molar-refractivity contribution in [3.05, 3.63) is 101 Å². The lowest BCUT2D eigenvalue weighted by Crippen LogP contribution is -2.44. The van der Waals surface area contributed by atoms with Gasteiger partial charge in [0.2, 0.25) is 5.91 Å². The van der Waals surface area contributed by atoms with Crippen LogP contribution in [0.25, 0.3) is 0 Å². The van der Waals surface area contributed by atoms with Gasteiger partial charge in [0.15, 0.2) is 0 Å². The SMILES string of the molecule is CN(CCCN(C)C(=O)[C@@H]1CSC(c2cccnc2)N1)CCOC(c1ccc(F)cc1)c1ccc(F)cc1. The Hall–Kier alpha value is -2.85. The lowest BCUT2D eigenvalue weighted by molar-refractivity contribution is -0.131. The minimum absolute atomic E-state index is 0.0887. The molecule has 202 valence electrons. The molecule has 6 nitrogen and oxygen atoms in total. The third-order valence-electron chi connectivity index (χ3n) is 6.58. The Balaban J connectivity index is 1.20. The first-order chi connectivity index (χ1) is 18.4. The van der Waals surface area contributed by atoms with Crippen molar-refractivity contribution < 1.29 is 18.3 Å². The van der Waals surface area contributed by atoms with Gasteiger partial charge in [0.25, 0.3) is 0 Å². The number of likely N-dealkylation sites (N-methyl/N-ethyl adjacent to an activating group) is 2. The van der Waals surface area contributed by atoms with Crippen molar-refractivity contribution in [3.63, 3.8) is 0 Å². The number of halogens is 2. The van der Waals surface area contributed by atoms with Gasteiger partial charge in [-0.25, -0.2) is 8.78 Å². The van der Waals surface area contributed by atoms with Crippen molar-refractivity contribution in [3.8, 4) is 0 Å². The van der Waals surface area contributed by atoms with E-state index in [4.69, 9.17) is 4.74 Å². The van der Waals surface area contributed by atoms with Gasteiger partial charge >= 0.3 is 0 Å². The first kappa shape index (κ1) is 28.2. The number of carbonyl (C=O) groups is 1. The molecule has 9 heteroatoms. The molecule has 1 N–H and O–H groups in total. The number of nitrogens with zero attached hydrogens (tertiary/aromatic N) is 3. The molecular weight excluding hydrogens is 506 g/mol. The van der Waals surface area contributed by atoms with Gasteiger partial charge in [0, 0.05) is 38.3 Å². The van der Waals surface area contributed by atoms with Crippen molar-refractivity contribution in [1.82, 2.24) is 20.1 Å². The average Bonchev–Trinajstić information content (AvgIpc) is 3.43. The number of amides is 1. The summed E-state index contributed by atoms with van der Waals surface area (Å²) >= 11 is 1.73. The standard InChI is InChI=1S/C29H34F2N4O2S/c1-34(15-4-16-35(2)29(36)26-20-38-28(33-26)23-5-3-14-32-19-23)17-18-37-27(21-6-10-24(30)11-7-21)22-8-12-25(31)13-9-22/h3,5-14,19,26-28,33H,4,15-18,20H2,1-2H3/t26-,28?/m0/s1. The quantitative estimate of drug-likeness (QED) is 0.361. The van der Waals surface area contributed by atoms with E-state index in [1.165, 1.54) is 24.3 Å². The zero-order valence-electron chi connectivity index (χ0n) is 21.7. The van der Waals surface area contributed by atoms with Crippen LogP contribution in [0.4, 0.5) is 8.78 Å². The van der Waals surface area contributed by atoms with E-state index in [9.17, 15) is 13.6 Å². The zero-order valence-corrected chi connectivity index (χ0v) is 22.5. The molecule has 0 radical (unpaired) electrons. The third-order valence-corrected chi connectivity index (χ3v) is 7.85. The molecule has 1 aromatic heterocycles. The molecule has 1 aliphatic rings. The maximum atomic E-state index is 13.4. The molecule has 2 atom stereocenters. The van der Waals surface area contributed by atoms with Crippen molar-refractivity contribution in [2.45, 2.75) is 23.9 Å². The predicted octanol–water partition coefficient (Wildman–Crippen LogP) is 4.65. The Morgan fingerprint density at radius 3 is 2.29 bits per heavy atom. The molecule has 1 amide bonds. The van der Waals surface area contributed by atoms with Gasteiger partial charge in [-0.15, -0.1) is 11.8 Å². The number of benzene rings is 2. The molecule has 1 aliphatic heterocycles. The normalized spacial score (nSPS) is 17.3. The molecule has 0 bridgehead atoms. The Morgan fingerprint density at radius 2 is 1.68 bits per heavy atom. The maximum Gasteiger partial charge on any atom is 0.240 e. The topological polar surface area (TPSA) is 57.7 Å². The van der Waals surface area contributed by atoms with Crippen LogP contribution in [0.3, 0.4) is 0 Å². The lowest BCUT2D eigenvalue weighted by atomic mass is 10.0. The summed E-state index contributed by atoms with van der Waals surface area (Å²) in [5, 5.41) is 3.51. The molecule has 1 unspecified atom stereocenters. The molecule has 4 rings (SSSR count). The molecule has 2 heterocycles. The summed E-state index contributed by atoms with van der Waals surface area (Å²) in [6.45, 7) is 2.61. The summed E-state index contributed by atoms with van der Waals surface area (Å²) in [5.41, 5.74) is 2.70. The second kappa shape index (κ2) is 13.8. The number of hydrogen-bond acceptors (Lipinski definition) is 6. The maximum absolute atomic E-state index is 13.4. The smallest absolute Gasteiger partial charge is 0.240 e. The number of pyridine rings is 1. The van der Waals surface area contributed by atoms with Gasteiger partial charge in [-0.05, 0) is 67.0 Å². The van der Waals surface area contributed by atoms with Gasteiger partial charge < -0.3 is 14.5 Å². The van der Waals surface area contributed by atoms with Crippen molar-refractivity contribution in [2.75, 3.05) is 46.1 Å². The Bertz CT molecular complexity index is 1110. The van der Waals surface area contributed by atoms with Crippen LogP contribution >= 0.6 is 11.8 Å². The average molecular weight is 541 g/mol. The summed E-state index contributed by atoms with van der Waals surface area (Å²) in [7, 11) is 3.87. The Morgan fingerprint density at radius 1 is 1.03 bits per heavy atom. The van der Waals surface area contributed by atoms with E-state index in [0.29, 0.717) is 19.7 Å². The van der Waals surface area contributed by atoms with E-state index < -0.39 is 6.10 Å². The molecule has 0 spiro atoms. The molecule has 0 saturated carbocycles. The van der Waals surface area contributed by atoms with Gasteiger partial charge in [-0.1, -0.05) is 30.3 Å². The summed E-state index contributed by atoms with van der Waals surface area (Å²) in [4.78, 5) is 21.0. The minimum atomic E-state index is -0.416. The van der Waals surface area contributed by atoms with Crippen LogP contribution in [0.15, 0.2) is 73.1 Å². The summed E-state index contributed by atoms with van der Waals surface area (Å²) < 4.78 is 33.0. The predicted molar refractivity (Wildman–Crippen MR) is 147 cm³/mol. The van der Waals surface area contributed by atoms with E-state index in [0.717, 1.165) is 35.4 Å². The fourth-order valence-electron chi connectivity index (χ4n) is 4.39. The minimum Gasteiger partial charge on any atom is -0.367 e. The zero-order chi connectivity index (χ0) is 26.9. The number of ether oxygens (including phenoxy) is 1. The number of rotatable bonds is 12. The second-order valence-electron chi connectivity index (χ2n) is 9.49. The Labute approximate surface area is 227 Å². The monoisotopic (exact) mass is 540 g/mol. The lowest BCUT2D eigenvalue weighted by Gasteiger charge is -2.24. The van der Waals surface area contributed by atoms with Crippen molar-refractivity contribution in [1.29, 1.82) is 0 Å². The fourth-order valence-corrected chi connectivity index (χ4v) is 5.61. The highest BCUT2D eigenvalue weighted by Gasteiger charge is 2.32. The molecule has 1 saturated heterocycles. The third kappa shape index (κ3) is 7.83. The van der Waals surface area contributed by atoms with Crippen LogP contribution in [0.2, 0.25) is 0 Å². The molecule has 2 aromatic carbocycles. The molecule has 1 fully saturated rings. The number of aromatic nitrogens is 1. The largest absolute Gasteiger partial charge is 0.367 e. The number of thioether (sulfide) groups is 1. The van der Waals surface area contributed by atoms with E-state index in [1.54, 1.807) is 47.1 Å². The first-order valence-corrected chi connectivity index (χ1v) is 13.8. The van der Waals surface area contributed by atoms with Crippen molar-refractivity contribution >= 4 is 17.7 Å². The highest BCUT2D eigenvalue weighted by molar-refractivity contribution is 7.99. The highest BCUT2D eigenvalue weighted by atomic mass is 32.2. The van der Waals surface area contributed by atoms with E-state index in [1.807, 2.05) is 32.4 Å². The van der Waals surface area contributed by atoms with E-state index >= 15 is 0 Å². The van der Waals surface area contributed by atoms with Crippen LogP contribution in [-0.2, 0) is 9.53 Å². The van der Waals surface area contributed by atoms with Gasteiger partial charge in [-0.3, -0.25) is 15.1 Å². The van der Waals surface area contributed by atoms with Crippen LogP contribution in [0.5, 0.6) is 0 Å². The molecule has 0 aliphatic carbocycles. The summed E-state index contributed by atoms with van der Waals surface area (Å²) in [6.07, 6.45) is 4.00. The molecule has 3 aromatic rings. The summed E-state index contributed by atoms with van der Waals surface area (Å²) in [5.74, 6) is 0.218. The van der Waals surface area contributed by atoms with Gasteiger partial charge in [0.05, 0.1) is 18.0 Å². The van der Waals surface area contributed by atoms with Crippen molar-refractivity contribution in [2.24, 2.45) is 0 Å². The van der Waals surface area contributed by atoms with Crippen LogP contribution in [0, 0.1) is 11.6 Å². The molecule has 38 heavy (non-hydrogen) atoms.